The molecule has 1 aliphatic rings. The SMILES string of the molecule is CC(=O)c1ccc(C2CC2)nc1Cl. The molecule has 1 aliphatic carbocycles. The summed E-state index contributed by atoms with van der Waals surface area (Å²) in [6.45, 7) is 1.50. The first-order chi connectivity index (χ1) is 6.18. The van der Waals surface area contributed by atoms with Gasteiger partial charge < -0.3 is 0 Å². The van der Waals surface area contributed by atoms with E-state index in [1.807, 2.05) is 6.07 Å². The molecule has 0 unspecified atom stereocenters. The van der Waals surface area contributed by atoms with Crippen LogP contribution in [0.3, 0.4) is 0 Å². The van der Waals surface area contributed by atoms with Crippen LogP contribution in [0.5, 0.6) is 0 Å². The zero-order chi connectivity index (χ0) is 9.42. The fourth-order valence-electron chi connectivity index (χ4n) is 1.32. The van der Waals surface area contributed by atoms with E-state index in [4.69, 9.17) is 11.6 Å². The second-order valence-electron chi connectivity index (χ2n) is 3.40. The lowest BCUT2D eigenvalue weighted by Crippen LogP contribution is -1.97. The Labute approximate surface area is 81.9 Å². The molecule has 0 atom stereocenters. The first-order valence-corrected chi connectivity index (χ1v) is 4.73. The molecular weight excluding hydrogens is 186 g/mol. The maximum atomic E-state index is 11.0. The Hall–Kier alpha value is -0.890. The van der Waals surface area contributed by atoms with E-state index >= 15 is 0 Å². The first-order valence-electron chi connectivity index (χ1n) is 4.36. The molecule has 0 bridgehead atoms. The van der Waals surface area contributed by atoms with Crippen molar-refractivity contribution in [2.75, 3.05) is 0 Å². The number of rotatable bonds is 2. The minimum atomic E-state index is -0.0279. The molecule has 0 amide bonds. The molecule has 2 rings (SSSR count). The highest BCUT2D eigenvalue weighted by atomic mass is 35.5. The number of hydrogen-bond acceptors (Lipinski definition) is 2. The smallest absolute Gasteiger partial charge is 0.162 e. The van der Waals surface area contributed by atoms with Gasteiger partial charge in [0.05, 0.1) is 5.56 Å². The Kier molecular flexibility index (Phi) is 2.08. The van der Waals surface area contributed by atoms with Gasteiger partial charge in [0, 0.05) is 11.6 Å². The summed E-state index contributed by atoms with van der Waals surface area (Å²) in [6, 6.07) is 3.67. The van der Waals surface area contributed by atoms with Gasteiger partial charge in [-0.2, -0.15) is 0 Å². The number of nitrogens with zero attached hydrogens (tertiary/aromatic N) is 1. The van der Waals surface area contributed by atoms with E-state index < -0.39 is 0 Å². The van der Waals surface area contributed by atoms with Crippen molar-refractivity contribution in [1.82, 2.24) is 4.98 Å². The summed E-state index contributed by atoms with van der Waals surface area (Å²) in [6.07, 6.45) is 2.39. The summed E-state index contributed by atoms with van der Waals surface area (Å²) in [5.74, 6) is 0.554. The Balaban J connectivity index is 2.36. The van der Waals surface area contributed by atoms with Crippen molar-refractivity contribution >= 4 is 17.4 Å². The maximum absolute atomic E-state index is 11.0. The molecule has 0 spiro atoms. The summed E-state index contributed by atoms with van der Waals surface area (Å²) in [4.78, 5) is 15.2. The lowest BCUT2D eigenvalue weighted by molar-refractivity contribution is 0.101. The van der Waals surface area contributed by atoms with Crippen LogP contribution in [0.25, 0.3) is 0 Å². The highest BCUT2D eigenvalue weighted by Gasteiger charge is 2.25. The van der Waals surface area contributed by atoms with Gasteiger partial charge in [0.2, 0.25) is 0 Å². The van der Waals surface area contributed by atoms with Crippen LogP contribution in [0.15, 0.2) is 12.1 Å². The third kappa shape index (κ3) is 1.73. The topological polar surface area (TPSA) is 30.0 Å². The maximum Gasteiger partial charge on any atom is 0.162 e. The van der Waals surface area contributed by atoms with Crippen LogP contribution in [0.2, 0.25) is 5.15 Å². The number of carbonyl (C=O) groups is 1. The van der Waals surface area contributed by atoms with Crippen molar-refractivity contribution in [1.29, 1.82) is 0 Å². The number of aromatic nitrogens is 1. The van der Waals surface area contributed by atoms with Gasteiger partial charge in [-0.05, 0) is 31.9 Å². The normalized spacial score (nSPS) is 15.8. The summed E-state index contributed by atoms with van der Waals surface area (Å²) in [7, 11) is 0. The van der Waals surface area contributed by atoms with Gasteiger partial charge in [0.1, 0.15) is 5.15 Å². The number of hydrogen-bond donors (Lipinski definition) is 0. The molecule has 68 valence electrons. The summed E-state index contributed by atoms with van der Waals surface area (Å²) in [5.41, 5.74) is 1.54. The Bertz CT molecular complexity index is 358. The van der Waals surface area contributed by atoms with Gasteiger partial charge in [-0.25, -0.2) is 4.98 Å². The third-order valence-corrected chi connectivity index (χ3v) is 2.53. The number of Topliss-reactive ketones (excluding diaryl/α,β-unsaturated/α-hetero) is 1. The largest absolute Gasteiger partial charge is 0.294 e. The minimum Gasteiger partial charge on any atom is -0.294 e. The molecule has 0 radical (unpaired) electrons. The Morgan fingerprint density at radius 2 is 2.23 bits per heavy atom. The van der Waals surface area contributed by atoms with E-state index in [1.54, 1.807) is 6.07 Å². The molecule has 0 saturated heterocycles. The van der Waals surface area contributed by atoms with Crippen LogP contribution < -0.4 is 0 Å². The summed E-state index contributed by atoms with van der Waals surface area (Å²) < 4.78 is 0. The summed E-state index contributed by atoms with van der Waals surface area (Å²) >= 11 is 5.86. The van der Waals surface area contributed by atoms with Crippen molar-refractivity contribution < 1.29 is 4.79 Å². The molecule has 1 aromatic heterocycles. The average molecular weight is 196 g/mol. The number of ketones is 1. The van der Waals surface area contributed by atoms with Crippen molar-refractivity contribution in [2.24, 2.45) is 0 Å². The molecule has 13 heavy (non-hydrogen) atoms. The van der Waals surface area contributed by atoms with Crippen LogP contribution >= 0.6 is 11.6 Å². The van der Waals surface area contributed by atoms with E-state index in [9.17, 15) is 4.79 Å². The highest BCUT2D eigenvalue weighted by molar-refractivity contribution is 6.32. The van der Waals surface area contributed by atoms with Gasteiger partial charge in [-0.15, -0.1) is 0 Å². The van der Waals surface area contributed by atoms with Gasteiger partial charge in [0.15, 0.2) is 5.78 Å². The molecule has 0 aliphatic heterocycles. The van der Waals surface area contributed by atoms with Gasteiger partial charge >= 0.3 is 0 Å². The van der Waals surface area contributed by atoms with Crippen molar-refractivity contribution in [2.45, 2.75) is 25.7 Å². The molecule has 0 aromatic carbocycles. The van der Waals surface area contributed by atoms with Gasteiger partial charge in [0.25, 0.3) is 0 Å². The minimum absolute atomic E-state index is 0.0279. The molecule has 0 N–H and O–H groups in total. The Morgan fingerprint density at radius 1 is 1.54 bits per heavy atom. The van der Waals surface area contributed by atoms with Crippen LogP contribution in [-0.4, -0.2) is 10.8 Å². The van der Waals surface area contributed by atoms with Crippen LogP contribution in [0.1, 0.15) is 41.7 Å². The van der Waals surface area contributed by atoms with Crippen LogP contribution in [0.4, 0.5) is 0 Å². The summed E-state index contributed by atoms with van der Waals surface area (Å²) in [5, 5.41) is 0.344. The van der Waals surface area contributed by atoms with E-state index in [-0.39, 0.29) is 5.78 Å². The predicted molar refractivity (Wildman–Crippen MR) is 51.2 cm³/mol. The molecule has 3 heteroatoms. The van der Waals surface area contributed by atoms with Crippen LogP contribution in [-0.2, 0) is 0 Å². The van der Waals surface area contributed by atoms with E-state index in [2.05, 4.69) is 4.98 Å². The fourth-order valence-corrected chi connectivity index (χ4v) is 1.61. The van der Waals surface area contributed by atoms with Crippen molar-refractivity contribution in [3.63, 3.8) is 0 Å². The highest BCUT2D eigenvalue weighted by Crippen LogP contribution is 2.39. The molecule has 1 aromatic rings. The zero-order valence-electron chi connectivity index (χ0n) is 7.38. The molecule has 2 nitrogen and oxygen atoms in total. The molecule has 1 heterocycles. The quantitative estimate of drug-likeness (QED) is 0.537. The van der Waals surface area contributed by atoms with Crippen molar-refractivity contribution in [3.8, 4) is 0 Å². The van der Waals surface area contributed by atoms with E-state index in [1.165, 1.54) is 19.8 Å². The third-order valence-electron chi connectivity index (χ3n) is 2.25. The van der Waals surface area contributed by atoms with E-state index in [0.29, 0.717) is 16.6 Å². The van der Waals surface area contributed by atoms with Gasteiger partial charge in [-0.1, -0.05) is 11.6 Å². The number of pyridine rings is 1. The zero-order valence-corrected chi connectivity index (χ0v) is 8.14. The number of carbonyl (C=O) groups excluding carboxylic acids is 1. The van der Waals surface area contributed by atoms with E-state index in [0.717, 1.165) is 5.69 Å². The molecule has 1 fully saturated rings. The first kappa shape index (κ1) is 8.70. The average Bonchev–Trinajstić information content (AvgIpc) is 2.85. The second-order valence-corrected chi connectivity index (χ2v) is 3.76. The predicted octanol–water partition coefficient (Wildman–Crippen LogP) is 2.82. The van der Waals surface area contributed by atoms with Crippen LogP contribution in [0, 0.1) is 0 Å². The van der Waals surface area contributed by atoms with Gasteiger partial charge in [-0.3, -0.25) is 4.79 Å². The number of halogens is 1. The molecular formula is C10H10ClNO. The second kappa shape index (κ2) is 3.11. The standard InChI is InChI=1S/C10H10ClNO/c1-6(13)8-4-5-9(7-2-3-7)12-10(8)11/h4-5,7H,2-3H2,1H3. The van der Waals surface area contributed by atoms with Crippen molar-refractivity contribution in [3.05, 3.63) is 28.5 Å². The lowest BCUT2D eigenvalue weighted by Gasteiger charge is -2.01. The molecule has 1 saturated carbocycles. The Morgan fingerprint density at radius 3 is 2.69 bits per heavy atom. The fraction of sp³-hybridized carbons (Fsp3) is 0.400. The lowest BCUT2D eigenvalue weighted by atomic mass is 10.1. The monoisotopic (exact) mass is 195 g/mol.